The quantitative estimate of drug-likeness (QED) is 0.701. The molecule has 2 aromatic carbocycles. The fourth-order valence-electron chi connectivity index (χ4n) is 2.40. The van der Waals surface area contributed by atoms with Crippen LogP contribution in [0.4, 0.5) is 0 Å². The van der Waals surface area contributed by atoms with E-state index < -0.39 is 0 Å². The van der Waals surface area contributed by atoms with Crippen LogP contribution in [0, 0.1) is 0 Å². The van der Waals surface area contributed by atoms with Gasteiger partial charge in [-0.1, -0.05) is 60.7 Å². The van der Waals surface area contributed by atoms with Crippen molar-refractivity contribution in [3.8, 4) is 10.6 Å². The lowest BCUT2D eigenvalue weighted by atomic mass is 10.1. The maximum absolute atomic E-state index is 12.7. The molecule has 1 atom stereocenters. The molecule has 0 spiro atoms. The first-order chi connectivity index (χ1) is 11.2. The van der Waals surface area contributed by atoms with Crippen LogP contribution in [0.5, 0.6) is 0 Å². The highest BCUT2D eigenvalue weighted by molar-refractivity contribution is 7.13. The first-order valence-electron chi connectivity index (χ1n) is 7.50. The van der Waals surface area contributed by atoms with Crippen molar-refractivity contribution in [2.24, 2.45) is 0 Å². The molecule has 0 aliphatic carbocycles. The van der Waals surface area contributed by atoms with Crippen LogP contribution in [-0.4, -0.2) is 22.8 Å². The summed E-state index contributed by atoms with van der Waals surface area (Å²) in [6.07, 6.45) is 0. The zero-order chi connectivity index (χ0) is 16.2. The van der Waals surface area contributed by atoms with Crippen LogP contribution in [0.15, 0.2) is 66.0 Å². The van der Waals surface area contributed by atoms with Gasteiger partial charge in [-0.05, 0) is 12.5 Å². The largest absolute Gasteiger partial charge is 0.334 e. The first kappa shape index (κ1) is 15.4. The molecule has 0 fully saturated rings. The maximum atomic E-state index is 12.7. The summed E-state index contributed by atoms with van der Waals surface area (Å²) in [6, 6.07) is 19.9. The van der Waals surface area contributed by atoms with Crippen LogP contribution < -0.4 is 0 Å². The van der Waals surface area contributed by atoms with Crippen molar-refractivity contribution in [1.82, 2.24) is 9.88 Å². The Kier molecular flexibility index (Phi) is 4.53. The third kappa shape index (κ3) is 3.32. The summed E-state index contributed by atoms with van der Waals surface area (Å²) in [6.45, 7) is 2.03. The van der Waals surface area contributed by atoms with Gasteiger partial charge in [-0.2, -0.15) is 0 Å². The summed E-state index contributed by atoms with van der Waals surface area (Å²) in [5.74, 6) is -0.0558. The smallest absolute Gasteiger partial charge is 0.273 e. The molecule has 3 nitrogen and oxygen atoms in total. The number of thiazole rings is 1. The van der Waals surface area contributed by atoms with Crippen LogP contribution in [0.1, 0.15) is 29.0 Å². The minimum atomic E-state index is -0.0558. The van der Waals surface area contributed by atoms with E-state index in [1.54, 1.807) is 4.90 Å². The number of amides is 1. The Bertz CT molecular complexity index is 783. The third-order valence-corrected chi connectivity index (χ3v) is 4.82. The molecule has 1 unspecified atom stereocenters. The minimum absolute atomic E-state index is 0.00516. The van der Waals surface area contributed by atoms with Crippen LogP contribution in [-0.2, 0) is 0 Å². The van der Waals surface area contributed by atoms with Gasteiger partial charge in [0.2, 0.25) is 0 Å². The molecular weight excluding hydrogens is 304 g/mol. The summed E-state index contributed by atoms with van der Waals surface area (Å²) in [5.41, 5.74) is 2.65. The van der Waals surface area contributed by atoms with E-state index in [2.05, 4.69) is 4.98 Å². The van der Waals surface area contributed by atoms with Crippen molar-refractivity contribution in [2.75, 3.05) is 7.05 Å². The first-order valence-corrected chi connectivity index (χ1v) is 8.38. The molecule has 0 radical (unpaired) electrons. The topological polar surface area (TPSA) is 33.2 Å². The summed E-state index contributed by atoms with van der Waals surface area (Å²) in [5, 5.41) is 2.70. The lowest BCUT2D eigenvalue weighted by Gasteiger charge is -2.24. The van der Waals surface area contributed by atoms with E-state index in [0.29, 0.717) is 5.69 Å². The molecule has 3 rings (SSSR count). The molecule has 0 aliphatic rings. The van der Waals surface area contributed by atoms with Gasteiger partial charge in [0.1, 0.15) is 10.7 Å². The molecule has 1 heterocycles. The van der Waals surface area contributed by atoms with Crippen molar-refractivity contribution < 1.29 is 4.79 Å². The number of aromatic nitrogens is 1. The van der Waals surface area contributed by atoms with Crippen molar-refractivity contribution in [2.45, 2.75) is 13.0 Å². The SMILES string of the molecule is CC(c1ccccc1)N(C)C(=O)c1csc(-c2ccccc2)n1. The molecule has 0 saturated carbocycles. The Labute approximate surface area is 140 Å². The average Bonchev–Trinajstić information content (AvgIpc) is 3.11. The van der Waals surface area contributed by atoms with Crippen LogP contribution >= 0.6 is 11.3 Å². The van der Waals surface area contributed by atoms with Gasteiger partial charge in [0.25, 0.3) is 5.91 Å². The second-order valence-corrected chi connectivity index (χ2v) is 6.26. The number of benzene rings is 2. The van der Waals surface area contributed by atoms with Gasteiger partial charge < -0.3 is 4.90 Å². The van der Waals surface area contributed by atoms with E-state index in [-0.39, 0.29) is 11.9 Å². The predicted molar refractivity (Wildman–Crippen MR) is 94.5 cm³/mol. The summed E-state index contributed by atoms with van der Waals surface area (Å²) >= 11 is 1.50. The standard InChI is InChI=1S/C19H18N2OS/c1-14(15-9-5-3-6-10-15)21(2)19(22)17-13-23-18(20-17)16-11-7-4-8-12-16/h3-14H,1-2H3. The lowest BCUT2D eigenvalue weighted by Crippen LogP contribution is -2.29. The Balaban J connectivity index is 1.79. The van der Waals surface area contributed by atoms with Gasteiger partial charge in [0.15, 0.2) is 0 Å². The lowest BCUT2D eigenvalue weighted by molar-refractivity contribution is 0.0737. The Morgan fingerprint density at radius 1 is 1.04 bits per heavy atom. The Hall–Kier alpha value is -2.46. The third-order valence-electron chi connectivity index (χ3n) is 3.93. The summed E-state index contributed by atoms with van der Waals surface area (Å²) < 4.78 is 0. The van der Waals surface area contributed by atoms with E-state index in [1.807, 2.05) is 80.0 Å². The number of rotatable bonds is 4. The molecule has 0 saturated heterocycles. The maximum Gasteiger partial charge on any atom is 0.273 e. The van der Waals surface area contributed by atoms with Crippen LogP contribution in [0.2, 0.25) is 0 Å². The second-order valence-electron chi connectivity index (χ2n) is 5.41. The summed E-state index contributed by atoms with van der Waals surface area (Å²) in [7, 11) is 1.82. The van der Waals surface area contributed by atoms with E-state index in [1.165, 1.54) is 11.3 Å². The molecule has 0 N–H and O–H groups in total. The molecular formula is C19H18N2OS. The van der Waals surface area contributed by atoms with E-state index >= 15 is 0 Å². The zero-order valence-corrected chi connectivity index (χ0v) is 14.0. The van der Waals surface area contributed by atoms with E-state index in [0.717, 1.165) is 16.1 Å². The highest BCUT2D eigenvalue weighted by Crippen LogP contribution is 2.25. The molecule has 3 aromatic rings. The highest BCUT2D eigenvalue weighted by Gasteiger charge is 2.21. The molecule has 4 heteroatoms. The highest BCUT2D eigenvalue weighted by atomic mass is 32.1. The van der Waals surface area contributed by atoms with Gasteiger partial charge in [-0.3, -0.25) is 4.79 Å². The van der Waals surface area contributed by atoms with Gasteiger partial charge in [-0.25, -0.2) is 4.98 Å². The minimum Gasteiger partial charge on any atom is -0.334 e. The molecule has 116 valence electrons. The average molecular weight is 322 g/mol. The molecule has 1 aromatic heterocycles. The van der Waals surface area contributed by atoms with Crippen molar-refractivity contribution in [3.63, 3.8) is 0 Å². The predicted octanol–water partition coefficient (Wildman–Crippen LogP) is 4.64. The van der Waals surface area contributed by atoms with Crippen molar-refractivity contribution >= 4 is 17.2 Å². The monoisotopic (exact) mass is 322 g/mol. The van der Waals surface area contributed by atoms with Gasteiger partial charge in [0.05, 0.1) is 6.04 Å². The van der Waals surface area contributed by atoms with Gasteiger partial charge in [-0.15, -0.1) is 11.3 Å². The molecule has 0 bridgehead atoms. The Morgan fingerprint density at radius 2 is 1.65 bits per heavy atom. The van der Waals surface area contributed by atoms with Crippen LogP contribution in [0.3, 0.4) is 0 Å². The number of nitrogens with zero attached hydrogens (tertiary/aromatic N) is 2. The van der Waals surface area contributed by atoms with Crippen LogP contribution in [0.25, 0.3) is 10.6 Å². The number of carbonyl (C=O) groups is 1. The fraction of sp³-hybridized carbons (Fsp3) is 0.158. The normalized spacial score (nSPS) is 11.9. The van der Waals surface area contributed by atoms with Crippen molar-refractivity contribution in [1.29, 1.82) is 0 Å². The Morgan fingerprint density at radius 3 is 2.30 bits per heavy atom. The van der Waals surface area contributed by atoms with Gasteiger partial charge in [0, 0.05) is 18.0 Å². The fourth-order valence-corrected chi connectivity index (χ4v) is 3.20. The molecule has 1 amide bonds. The number of hydrogen-bond donors (Lipinski definition) is 0. The van der Waals surface area contributed by atoms with Gasteiger partial charge >= 0.3 is 0 Å². The zero-order valence-electron chi connectivity index (χ0n) is 13.1. The second kappa shape index (κ2) is 6.75. The van der Waals surface area contributed by atoms with E-state index in [4.69, 9.17) is 0 Å². The van der Waals surface area contributed by atoms with E-state index in [9.17, 15) is 4.79 Å². The van der Waals surface area contributed by atoms with Crippen molar-refractivity contribution in [3.05, 3.63) is 77.3 Å². The summed E-state index contributed by atoms with van der Waals surface area (Å²) in [4.78, 5) is 18.9. The molecule has 0 aliphatic heterocycles. The number of hydrogen-bond acceptors (Lipinski definition) is 3. The number of carbonyl (C=O) groups excluding carboxylic acids is 1. The molecule has 23 heavy (non-hydrogen) atoms.